The zero-order valence-electron chi connectivity index (χ0n) is 14.1. The molecule has 1 aliphatic heterocycles. The number of likely N-dealkylation sites (N-methyl/N-ethyl adjacent to an activating group) is 1. The number of phenols is 1. The van der Waals surface area contributed by atoms with Crippen LogP contribution in [-0.4, -0.2) is 46.4 Å². The number of piperidine rings is 1. The minimum absolute atomic E-state index is 0.123. The van der Waals surface area contributed by atoms with E-state index in [0.717, 1.165) is 30.9 Å². The van der Waals surface area contributed by atoms with Crippen molar-refractivity contribution in [3.63, 3.8) is 0 Å². The lowest BCUT2D eigenvalue weighted by Gasteiger charge is -2.30. The Morgan fingerprint density at radius 2 is 2.17 bits per heavy atom. The molecule has 2 N–H and O–H groups in total. The van der Waals surface area contributed by atoms with Crippen molar-refractivity contribution in [3.8, 4) is 29.4 Å². The van der Waals surface area contributed by atoms with Gasteiger partial charge in [0, 0.05) is 23.7 Å². The van der Waals surface area contributed by atoms with E-state index in [1.165, 1.54) is 6.42 Å². The summed E-state index contributed by atoms with van der Waals surface area (Å²) in [6.45, 7) is 4.13. The Morgan fingerprint density at radius 1 is 1.33 bits per heavy atom. The summed E-state index contributed by atoms with van der Waals surface area (Å²) >= 11 is 0. The van der Waals surface area contributed by atoms with Crippen molar-refractivity contribution in [3.05, 3.63) is 35.4 Å². The summed E-state index contributed by atoms with van der Waals surface area (Å²) in [5, 5.41) is 22.2. The molecule has 24 heavy (non-hydrogen) atoms. The van der Waals surface area contributed by atoms with Crippen molar-refractivity contribution < 1.29 is 5.11 Å². The maximum Gasteiger partial charge on any atom is 0.149 e. The Kier molecular flexibility index (Phi) is 4.68. The van der Waals surface area contributed by atoms with Crippen LogP contribution in [0.3, 0.4) is 0 Å². The molecule has 124 valence electrons. The number of phenolic OH excluding ortho intramolecular Hbond substituents is 1. The number of terminal acetylenes is 1. The molecule has 5 nitrogen and oxygen atoms in total. The van der Waals surface area contributed by atoms with Gasteiger partial charge in [0.05, 0.1) is 5.69 Å². The normalized spacial score (nSPS) is 18.1. The van der Waals surface area contributed by atoms with E-state index >= 15 is 0 Å². The largest absolute Gasteiger partial charge is 0.507 e. The molecule has 0 saturated carbocycles. The zero-order chi connectivity index (χ0) is 17.1. The summed E-state index contributed by atoms with van der Waals surface area (Å²) in [4.78, 5) is 2.32. The van der Waals surface area contributed by atoms with Gasteiger partial charge in [0.1, 0.15) is 11.6 Å². The van der Waals surface area contributed by atoms with Gasteiger partial charge in [-0.25, -0.2) is 0 Å². The minimum Gasteiger partial charge on any atom is -0.507 e. The van der Waals surface area contributed by atoms with Crippen molar-refractivity contribution in [2.24, 2.45) is 0 Å². The van der Waals surface area contributed by atoms with E-state index in [0.29, 0.717) is 22.9 Å². The SMILES string of the molecule is C#Cc1ccc(-c2nnc(N[C@@H]3CCCN(C)C3)cc2C)c(O)c1. The number of nitrogens with zero attached hydrogens (tertiary/aromatic N) is 3. The summed E-state index contributed by atoms with van der Waals surface area (Å²) in [7, 11) is 2.14. The number of hydrogen-bond acceptors (Lipinski definition) is 5. The Morgan fingerprint density at radius 3 is 2.83 bits per heavy atom. The van der Waals surface area contributed by atoms with E-state index in [1.54, 1.807) is 18.2 Å². The van der Waals surface area contributed by atoms with Gasteiger partial charge in [0.2, 0.25) is 0 Å². The van der Waals surface area contributed by atoms with E-state index in [1.807, 2.05) is 13.0 Å². The molecule has 0 unspecified atom stereocenters. The van der Waals surface area contributed by atoms with Crippen LogP contribution in [0.4, 0.5) is 5.82 Å². The number of benzene rings is 1. The summed E-state index contributed by atoms with van der Waals surface area (Å²) in [6.07, 6.45) is 7.68. The number of nitrogens with one attached hydrogen (secondary N) is 1. The fraction of sp³-hybridized carbons (Fsp3) is 0.368. The summed E-state index contributed by atoms with van der Waals surface area (Å²) in [5.41, 5.74) is 2.91. The van der Waals surface area contributed by atoms with E-state index in [-0.39, 0.29) is 5.75 Å². The summed E-state index contributed by atoms with van der Waals surface area (Å²) < 4.78 is 0. The number of hydrogen-bond donors (Lipinski definition) is 2. The molecule has 0 aliphatic carbocycles. The minimum atomic E-state index is 0.123. The quantitative estimate of drug-likeness (QED) is 0.851. The van der Waals surface area contributed by atoms with Gasteiger partial charge in [0.15, 0.2) is 0 Å². The number of anilines is 1. The third-order valence-corrected chi connectivity index (χ3v) is 4.38. The highest BCUT2D eigenvalue weighted by Crippen LogP contribution is 2.31. The molecule has 1 saturated heterocycles. The van der Waals surface area contributed by atoms with E-state index in [2.05, 4.69) is 33.4 Å². The molecule has 0 radical (unpaired) electrons. The average Bonchev–Trinajstić information content (AvgIpc) is 2.55. The molecule has 1 aliphatic rings. The van der Waals surface area contributed by atoms with E-state index < -0.39 is 0 Å². The zero-order valence-corrected chi connectivity index (χ0v) is 14.1. The predicted molar refractivity (Wildman–Crippen MR) is 95.9 cm³/mol. The number of aryl methyl sites for hydroxylation is 1. The van der Waals surface area contributed by atoms with Crippen molar-refractivity contribution in [2.75, 3.05) is 25.5 Å². The van der Waals surface area contributed by atoms with Crippen molar-refractivity contribution in [1.82, 2.24) is 15.1 Å². The van der Waals surface area contributed by atoms with Gasteiger partial charge in [-0.15, -0.1) is 16.6 Å². The van der Waals surface area contributed by atoms with Crippen LogP contribution in [0.15, 0.2) is 24.3 Å². The fourth-order valence-electron chi connectivity index (χ4n) is 3.14. The Balaban J connectivity index is 1.81. The van der Waals surface area contributed by atoms with Gasteiger partial charge in [-0.05, 0) is 63.2 Å². The Bertz CT molecular complexity index is 781. The van der Waals surface area contributed by atoms with Crippen LogP contribution in [0.25, 0.3) is 11.3 Å². The maximum absolute atomic E-state index is 10.2. The highest BCUT2D eigenvalue weighted by molar-refractivity contribution is 5.71. The van der Waals surface area contributed by atoms with Crippen LogP contribution in [0.2, 0.25) is 0 Å². The average molecular weight is 322 g/mol. The molecule has 2 heterocycles. The fourth-order valence-corrected chi connectivity index (χ4v) is 3.14. The Labute approximate surface area is 142 Å². The second-order valence-electron chi connectivity index (χ2n) is 6.38. The molecule has 1 aromatic heterocycles. The first kappa shape index (κ1) is 16.3. The van der Waals surface area contributed by atoms with Crippen LogP contribution in [0.1, 0.15) is 24.0 Å². The van der Waals surface area contributed by atoms with E-state index in [9.17, 15) is 5.11 Å². The van der Waals surface area contributed by atoms with Gasteiger partial charge in [-0.1, -0.05) is 5.92 Å². The van der Waals surface area contributed by atoms with Crippen molar-refractivity contribution in [2.45, 2.75) is 25.8 Å². The summed E-state index contributed by atoms with van der Waals surface area (Å²) in [6, 6.07) is 7.52. The van der Waals surface area contributed by atoms with Crippen LogP contribution in [0.5, 0.6) is 5.75 Å². The topological polar surface area (TPSA) is 61.3 Å². The lowest BCUT2D eigenvalue weighted by molar-refractivity contribution is 0.260. The number of aromatic hydroxyl groups is 1. The Hall–Kier alpha value is -2.58. The molecule has 1 aromatic carbocycles. The molecular formula is C19H22N4O. The smallest absolute Gasteiger partial charge is 0.149 e. The first-order valence-electron chi connectivity index (χ1n) is 8.16. The third-order valence-electron chi connectivity index (χ3n) is 4.38. The second kappa shape index (κ2) is 6.90. The third kappa shape index (κ3) is 3.50. The van der Waals surface area contributed by atoms with Gasteiger partial charge < -0.3 is 15.3 Å². The lowest BCUT2D eigenvalue weighted by atomic mass is 10.0. The maximum atomic E-state index is 10.2. The number of rotatable bonds is 3. The molecule has 5 heteroatoms. The van der Waals surface area contributed by atoms with Gasteiger partial charge in [0.25, 0.3) is 0 Å². The first-order valence-corrected chi connectivity index (χ1v) is 8.16. The highest BCUT2D eigenvalue weighted by atomic mass is 16.3. The number of aromatic nitrogens is 2. The van der Waals surface area contributed by atoms with Crippen molar-refractivity contribution >= 4 is 5.82 Å². The van der Waals surface area contributed by atoms with Crippen molar-refractivity contribution in [1.29, 1.82) is 0 Å². The predicted octanol–water partition coefficient (Wildman–Crippen LogP) is 2.65. The molecular weight excluding hydrogens is 300 g/mol. The molecule has 1 fully saturated rings. The molecule has 0 spiro atoms. The van der Waals surface area contributed by atoms with Crippen LogP contribution < -0.4 is 5.32 Å². The summed E-state index contributed by atoms with van der Waals surface area (Å²) in [5.74, 6) is 3.41. The molecule has 3 rings (SSSR count). The number of likely N-dealkylation sites (tertiary alicyclic amines) is 1. The van der Waals surface area contributed by atoms with E-state index in [4.69, 9.17) is 6.42 Å². The molecule has 2 aromatic rings. The van der Waals surface area contributed by atoms with Crippen LogP contribution in [0, 0.1) is 19.3 Å². The van der Waals surface area contributed by atoms with Crippen LogP contribution in [-0.2, 0) is 0 Å². The van der Waals surface area contributed by atoms with Crippen LogP contribution >= 0.6 is 0 Å². The first-order chi connectivity index (χ1) is 11.6. The second-order valence-corrected chi connectivity index (χ2v) is 6.38. The molecule has 0 bridgehead atoms. The monoisotopic (exact) mass is 322 g/mol. The standard InChI is InChI=1S/C19H22N4O/c1-4-14-7-8-16(17(24)11-14)19-13(2)10-18(21-22-19)20-15-6-5-9-23(3)12-15/h1,7-8,10-11,15,24H,5-6,9,12H2,2-3H3,(H,20,21)/t15-/m1/s1. The lowest BCUT2D eigenvalue weighted by Crippen LogP contribution is -2.39. The highest BCUT2D eigenvalue weighted by Gasteiger charge is 2.18. The van der Waals surface area contributed by atoms with Gasteiger partial charge in [-0.2, -0.15) is 0 Å². The van der Waals surface area contributed by atoms with Gasteiger partial charge in [-0.3, -0.25) is 0 Å². The molecule has 0 amide bonds. The van der Waals surface area contributed by atoms with Gasteiger partial charge >= 0.3 is 0 Å². The molecule has 1 atom stereocenters.